The predicted molar refractivity (Wildman–Crippen MR) is 110 cm³/mol. The molecule has 0 aliphatic rings. The van der Waals surface area contributed by atoms with Crippen LogP contribution < -0.4 is 10.9 Å². The summed E-state index contributed by atoms with van der Waals surface area (Å²) in [7, 11) is 0. The van der Waals surface area contributed by atoms with Crippen LogP contribution in [0.3, 0.4) is 0 Å². The van der Waals surface area contributed by atoms with Crippen LogP contribution in [0.2, 0.25) is 0 Å². The first-order valence-electron chi connectivity index (χ1n) is 8.42. The fourth-order valence-electron chi connectivity index (χ4n) is 2.78. The second-order valence-electron chi connectivity index (χ2n) is 6.11. The Kier molecular flexibility index (Phi) is 4.68. The number of hydrogen-bond donors (Lipinski definition) is 2. The average Bonchev–Trinajstić information content (AvgIpc) is 2.67. The number of aryl methyl sites for hydroxylation is 1. The third-order valence-electron chi connectivity index (χ3n) is 4.06. The summed E-state index contributed by atoms with van der Waals surface area (Å²) in [5.74, 6) is 1.88. The van der Waals surface area contributed by atoms with Crippen LogP contribution in [0.4, 0.5) is 5.82 Å². The average molecular weight is 422 g/mol. The smallest absolute Gasteiger partial charge is 0.258 e. The van der Waals surface area contributed by atoms with Gasteiger partial charge in [0.2, 0.25) is 0 Å². The van der Waals surface area contributed by atoms with Crippen molar-refractivity contribution in [2.24, 2.45) is 0 Å². The zero-order valence-electron chi connectivity index (χ0n) is 14.5. The lowest BCUT2D eigenvalue weighted by molar-refractivity contribution is 0.941. The van der Waals surface area contributed by atoms with E-state index in [1.165, 1.54) is 0 Å². The normalized spacial score (nSPS) is 10.9. The van der Waals surface area contributed by atoms with Gasteiger partial charge in [-0.05, 0) is 31.2 Å². The molecule has 2 aromatic carbocycles. The molecule has 2 N–H and O–H groups in total. The van der Waals surface area contributed by atoms with Crippen molar-refractivity contribution in [2.75, 3.05) is 5.32 Å². The molecule has 2 aromatic heterocycles. The van der Waals surface area contributed by atoms with Crippen molar-refractivity contribution in [2.45, 2.75) is 13.5 Å². The van der Waals surface area contributed by atoms with E-state index >= 15 is 0 Å². The largest absolute Gasteiger partial charge is 0.363 e. The number of nitrogens with zero attached hydrogens (tertiary/aromatic N) is 3. The maximum Gasteiger partial charge on any atom is 0.258 e. The lowest BCUT2D eigenvalue weighted by Crippen LogP contribution is -2.15. The molecule has 0 spiro atoms. The zero-order valence-corrected chi connectivity index (χ0v) is 16.1. The quantitative estimate of drug-likeness (QED) is 0.518. The number of H-pyrrole nitrogens is 1. The summed E-state index contributed by atoms with van der Waals surface area (Å²) in [5.41, 5.74) is 2.31. The molecule has 27 heavy (non-hydrogen) atoms. The topological polar surface area (TPSA) is 83.6 Å². The molecular formula is C20H16BrN5O. The minimum absolute atomic E-state index is 0.146. The number of halogens is 1. The maximum atomic E-state index is 12.2. The van der Waals surface area contributed by atoms with Crippen molar-refractivity contribution < 1.29 is 0 Å². The van der Waals surface area contributed by atoms with Crippen molar-refractivity contribution in [3.63, 3.8) is 0 Å². The van der Waals surface area contributed by atoms with E-state index < -0.39 is 0 Å². The van der Waals surface area contributed by atoms with Crippen LogP contribution in [0.25, 0.3) is 22.3 Å². The number of nitrogens with one attached hydrogen (secondary N) is 2. The van der Waals surface area contributed by atoms with Crippen LogP contribution in [0, 0.1) is 6.92 Å². The standard InChI is InChI=1S/C20H16BrN5O/c1-12-10-17(25-19(23-12)13-6-8-14(21)9-7-13)22-11-18-24-16-5-3-2-4-15(16)20(27)26-18/h2-10H,11H2,1H3,(H,22,23,25)(H,24,26,27). The first-order chi connectivity index (χ1) is 13.1. The van der Waals surface area contributed by atoms with E-state index in [4.69, 9.17) is 0 Å². The molecule has 0 saturated heterocycles. The van der Waals surface area contributed by atoms with Gasteiger partial charge in [-0.1, -0.05) is 40.2 Å². The Morgan fingerprint density at radius 2 is 1.81 bits per heavy atom. The lowest BCUT2D eigenvalue weighted by atomic mass is 10.2. The number of rotatable bonds is 4. The minimum Gasteiger partial charge on any atom is -0.363 e. The maximum absolute atomic E-state index is 12.2. The summed E-state index contributed by atoms with van der Waals surface area (Å²) in [6.45, 7) is 2.28. The van der Waals surface area contributed by atoms with Gasteiger partial charge in [0, 0.05) is 21.8 Å². The third-order valence-corrected chi connectivity index (χ3v) is 4.58. The van der Waals surface area contributed by atoms with Gasteiger partial charge in [-0.25, -0.2) is 15.0 Å². The Morgan fingerprint density at radius 3 is 2.63 bits per heavy atom. The molecule has 0 atom stereocenters. The number of anilines is 1. The summed E-state index contributed by atoms with van der Waals surface area (Å²) >= 11 is 3.43. The minimum atomic E-state index is -0.146. The summed E-state index contributed by atoms with van der Waals surface area (Å²) in [4.78, 5) is 28.6. The zero-order chi connectivity index (χ0) is 18.8. The fraction of sp³-hybridized carbons (Fsp3) is 0.100. The van der Waals surface area contributed by atoms with Gasteiger partial charge in [0.15, 0.2) is 5.82 Å². The summed E-state index contributed by atoms with van der Waals surface area (Å²) in [6, 6.07) is 17.0. The predicted octanol–water partition coefficient (Wildman–Crippen LogP) is 4.06. The highest BCUT2D eigenvalue weighted by atomic mass is 79.9. The molecule has 0 radical (unpaired) electrons. The second kappa shape index (κ2) is 7.28. The fourth-order valence-corrected chi connectivity index (χ4v) is 3.04. The molecule has 134 valence electrons. The second-order valence-corrected chi connectivity index (χ2v) is 7.02. The highest BCUT2D eigenvalue weighted by Crippen LogP contribution is 2.20. The van der Waals surface area contributed by atoms with Gasteiger partial charge >= 0.3 is 0 Å². The number of aromatic amines is 1. The van der Waals surface area contributed by atoms with E-state index in [-0.39, 0.29) is 5.56 Å². The molecule has 0 fully saturated rings. The summed E-state index contributed by atoms with van der Waals surface area (Å²) in [5, 5.41) is 3.80. The van der Waals surface area contributed by atoms with Crippen LogP contribution in [0.15, 0.2) is 63.9 Å². The first-order valence-corrected chi connectivity index (χ1v) is 9.21. The molecular weight excluding hydrogens is 406 g/mol. The number of fused-ring (bicyclic) bond motifs is 1. The Morgan fingerprint density at radius 1 is 1.04 bits per heavy atom. The van der Waals surface area contributed by atoms with Gasteiger partial charge in [0.05, 0.1) is 17.4 Å². The Balaban J connectivity index is 1.60. The van der Waals surface area contributed by atoms with Gasteiger partial charge in [0.1, 0.15) is 11.6 Å². The van der Waals surface area contributed by atoms with Crippen molar-refractivity contribution in [1.82, 2.24) is 19.9 Å². The Labute approximate surface area is 163 Å². The van der Waals surface area contributed by atoms with Crippen molar-refractivity contribution in [3.8, 4) is 11.4 Å². The van der Waals surface area contributed by atoms with E-state index in [9.17, 15) is 4.79 Å². The molecule has 4 rings (SSSR count). The van der Waals surface area contributed by atoms with E-state index in [1.54, 1.807) is 6.07 Å². The molecule has 7 heteroatoms. The molecule has 2 heterocycles. The highest BCUT2D eigenvalue weighted by molar-refractivity contribution is 9.10. The summed E-state index contributed by atoms with van der Waals surface area (Å²) < 4.78 is 1.00. The molecule has 0 aliphatic heterocycles. The third kappa shape index (κ3) is 3.88. The highest BCUT2D eigenvalue weighted by Gasteiger charge is 2.07. The molecule has 0 unspecified atom stereocenters. The number of benzene rings is 2. The SMILES string of the molecule is Cc1cc(NCc2nc3ccccc3c(=O)[nH]2)nc(-c2ccc(Br)cc2)n1. The van der Waals surface area contributed by atoms with E-state index in [0.717, 1.165) is 15.7 Å². The molecule has 0 saturated carbocycles. The van der Waals surface area contributed by atoms with E-state index in [1.807, 2.05) is 55.5 Å². The monoisotopic (exact) mass is 421 g/mol. The number of hydrogen-bond acceptors (Lipinski definition) is 5. The van der Waals surface area contributed by atoms with Crippen LogP contribution >= 0.6 is 15.9 Å². The van der Waals surface area contributed by atoms with Gasteiger partial charge in [-0.15, -0.1) is 0 Å². The van der Waals surface area contributed by atoms with Crippen molar-refractivity contribution in [1.29, 1.82) is 0 Å². The lowest BCUT2D eigenvalue weighted by Gasteiger charge is -2.09. The van der Waals surface area contributed by atoms with E-state index in [0.29, 0.717) is 34.9 Å². The Hall–Kier alpha value is -3.06. The van der Waals surface area contributed by atoms with Gasteiger partial charge < -0.3 is 10.3 Å². The van der Waals surface area contributed by atoms with E-state index in [2.05, 4.69) is 41.2 Å². The first kappa shape index (κ1) is 17.4. The number of para-hydroxylation sites is 1. The van der Waals surface area contributed by atoms with Crippen LogP contribution in [-0.4, -0.2) is 19.9 Å². The van der Waals surface area contributed by atoms with Gasteiger partial charge in [-0.3, -0.25) is 4.79 Å². The van der Waals surface area contributed by atoms with Crippen LogP contribution in [0.1, 0.15) is 11.5 Å². The van der Waals surface area contributed by atoms with Crippen molar-refractivity contribution in [3.05, 3.63) is 80.9 Å². The van der Waals surface area contributed by atoms with Gasteiger partial charge in [-0.2, -0.15) is 0 Å². The number of aromatic nitrogens is 4. The van der Waals surface area contributed by atoms with Crippen LogP contribution in [-0.2, 0) is 6.54 Å². The molecule has 6 nitrogen and oxygen atoms in total. The van der Waals surface area contributed by atoms with Crippen LogP contribution in [0.5, 0.6) is 0 Å². The molecule has 0 bridgehead atoms. The summed E-state index contributed by atoms with van der Waals surface area (Å²) in [6.07, 6.45) is 0. The molecule has 0 amide bonds. The van der Waals surface area contributed by atoms with Crippen molar-refractivity contribution >= 4 is 32.7 Å². The van der Waals surface area contributed by atoms with Gasteiger partial charge in [0.25, 0.3) is 5.56 Å². The molecule has 4 aromatic rings. The Bertz CT molecular complexity index is 1170. The molecule has 0 aliphatic carbocycles.